The van der Waals surface area contributed by atoms with E-state index in [1.807, 2.05) is 12.1 Å². The van der Waals surface area contributed by atoms with Crippen LogP contribution in [0.3, 0.4) is 0 Å². The van der Waals surface area contributed by atoms with Crippen LogP contribution < -0.4 is 10.6 Å². The Balaban J connectivity index is 1.41. The average molecular weight is 384 g/mol. The van der Waals surface area contributed by atoms with Gasteiger partial charge < -0.3 is 15.1 Å². The summed E-state index contributed by atoms with van der Waals surface area (Å²) < 4.78 is 0. The Kier molecular flexibility index (Phi) is 5.46. The zero-order valence-corrected chi connectivity index (χ0v) is 16.4. The summed E-state index contributed by atoms with van der Waals surface area (Å²) in [6.07, 6.45) is 4.44. The van der Waals surface area contributed by atoms with Gasteiger partial charge in [0.15, 0.2) is 0 Å². The Morgan fingerprint density at radius 3 is 2.79 bits per heavy atom. The van der Waals surface area contributed by atoms with Crippen LogP contribution in [-0.2, 0) is 22.7 Å². The third kappa shape index (κ3) is 3.95. The van der Waals surface area contributed by atoms with E-state index in [2.05, 4.69) is 28.6 Å². The highest BCUT2D eigenvalue weighted by Gasteiger charge is 2.39. The van der Waals surface area contributed by atoms with Gasteiger partial charge in [-0.25, -0.2) is 0 Å². The lowest BCUT2D eigenvalue weighted by atomic mass is 10.0. The normalized spacial score (nSPS) is 25.2. The maximum Gasteiger partial charge on any atom is 0.255 e. The monoisotopic (exact) mass is 384 g/mol. The molecule has 0 aromatic heterocycles. The van der Waals surface area contributed by atoms with Crippen molar-refractivity contribution < 1.29 is 14.4 Å². The Bertz CT molecular complexity index is 788. The van der Waals surface area contributed by atoms with Crippen molar-refractivity contribution in [1.29, 1.82) is 0 Å². The van der Waals surface area contributed by atoms with Crippen molar-refractivity contribution in [3.05, 3.63) is 34.9 Å². The Morgan fingerprint density at radius 2 is 2.04 bits per heavy atom. The number of nitrogens with one attached hydrogen (secondary N) is 2. The molecule has 3 amide bonds. The molecule has 7 nitrogen and oxygen atoms in total. The molecular formula is C21H28N4O3. The summed E-state index contributed by atoms with van der Waals surface area (Å²) in [6, 6.07) is 6.03. The predicted molar refractivity (Wildman–Crippen MR) is 104 cm³/mol. The van der Waals surface area contributed by atoms with E-state index in [1.54, 1.807) is 4.90 Å². The van der Waals surface area contributed by atoms with Gasteiger partial charge in [-0.2, -0.15) is 0 Å². The first kappa shape index (κ1) is 19.1. The maximum atomic E-state index is 12.9. The largest absolute Gasteiger partial charge is 0.322 e. The van der Waals surface area contributed by atoms with Gasteiger partial charge in [0.25, 0.3) is 5.91 Å². The summed E-state index contributed by atoms with van der Waals surface area (Å²) in [5, 5.41) is 5.92. The summed E-state index contributed by atoms with van der Waals surface area (Å²) in [5.41, 5.74) is 2.75. The lowest BCUT2D eigenvalue weighted by Crippen LogP contribution is -2.52. The summed E-state index contributed by atoms with van der Waals surface area (Å²) in [6.45, 7) is 3.31. The van der Waals surface area contributed by atoms with E-state index in [1.165, 1.54) is 19.3 Å². The van der Waals surface area contributed by atoms with Crippen LogP contribution in [0.25, 0.3) is 0 Å². The summed E-state index contributed by atoms with van der Waals surface area (Å²) in [7, 11) is 2.11. The lowest BCUT2D eigenvalue weighted by Gasteiger charge is -2.29. The van der Waals surface area contributed by atoms with E-state index in [0.717, 1.165) is 30.8 Å². The van der Waals surface area contributed by atoms with Crippen LogP contribution in [0.1, 0.15) is 53.6 Å². The van der Waals surface area contributed by atoms with Gasteiger partial charge in [-0.05, 0) is 50.0 Å². The molecule has 0 bridgehead atoms. The molecule has 3 aliphatic rings. The number of carbonyl (C=O) groups excluding carboxylic acids is 3. The lowest BCUT2D eigenvalue weighted by molar-refractivity contribution is -0.136. The van der Waals surface area contributed by atoms with E-state index in [-0.39, 0.29) is 24.1 Å². The molecule has 0 saturated carbocycles. The van der Waals surface area contributed by atoms with Crippen LogP contribution in [-0.4, -0.2) is 59.7 Å². The molecule has 2 saturated heterocycles. The average Bonchev–Trinajstić information content (AvgIpc) is 2.99. The van der Waals surface area contributed by atoms with Crippen molar-refractivity contribution in [3.8, 4) is 0 Å². The number of rotatable bonds is 5. The van der Waals surface area contributed by atoms with Gasteiger partial charge in [-0.1, -0.05) is 18.6 Å². The molecule has 28 heavy (non-hydrogen) atoms. The van der Waals surface area contributed by atoms with Gasteiger partial charge in [0.2, 0.25) is 11.8 Å². The second kappa shape index (κ2) is 8.01. The number of amides is 3. The second-order valence-corrected chi connectivity index (χ2v) is 8.24. The number of fused-ring (bicyclic) bond motifs is 1. The quantitative estimate of drug-likeness (QED) is 0.741. The number of carbonyl (C=O) groups is 3. The van der Waals surface area contributed by atoms with Gasteiger partial charge in [0.05, 0.1) is 0 Å². The molecule has 1 aromatic carbocycles. The summed E-state index contributed by atoms with van der Waals surface area (Å²) in [5.74, 6) is -0.733. The number of hydrogen-bond acceptors (Lipinski definition) is 5. The third-order valence-electron chi connectivity index (χ3n) is 5.99. The topological polar surface area (TPSA) is 81.8 Å². The van der Waals surface area contributed by atoms with Crippen molar-refractivity contribution in [2.75, 3.05) is 20.1 Å². The molecule has 2 fully saturated rings. The standard InChI is InChI=1S/C21H28N4O3/c1-24(13-16-4-2-3-9-22-16)11-14-5-6-15-12-25(21(28)17(15)10-14)18-7-8-19(26)23-20(18)27/h5-6,10,16,18,22H,2-4,7-9,11-13H2,1H3,(H,23,26,27). The van der Waals surface area contributed by atoms with Gasteiger partial charge in [0, 0.05) is 37.7 Å². The molecule has 0 radical (unpaired) electrons. The van der Waals surface area contributed by atoms with Crippen molar-refractivity contribution >= 4 is 17.7 Å². The number of nitrogens with zero attached hydrogens (tertiary/aromatic N) is 2. The van der Waals surface area contributed by atoms with Crippen LogP contribution in [0, 0.1) is 0 Å². The fourth-order valence-electron chi connectivity index (χ4n) is 4.53. The number of imide groups is 1. The minimum atomic E-state index is -0.555. The molecule has 0 spiro atoms. The Hall–Kier alpha value is -2.25. The highest BCUT2D eigenvalue weighted by molar-refractivity contribution is 6.05. The van der Waals surface area contributed by atoms with Crippen LogP contribution in [0.4, 0.5) is 0 Å². The summed E-state index contributed by atoms with van der Waals surface area (Å²) >= 11 is 0. The van der Waals surface area contributed by atoms with Gasteiger partial charge in [0.1, 0.15) is 6.04 Å². The van der Waals surface area contributed by atoms with Gasteiger partial charge in [-0.3, -0.25) is 19.7 Å². The van der Waals surface area contributed by atoms with E-state index in [0.29, 0.717) is 24.6 Å². The SMILES string of the molecule is CN(Cc1ccc2c(c1)C(=O)N(C1CCC(=O)NC1=O)C2)CC1CCCCN1. The minimum absolute atomic E-state index is 0.108. The Morgan fingerprint density at radius 1 is 1.18 bits per heavy atom. The maximum absolute atomic E-state index is 12.9. The molecule has 2 atom stereocenters. The molecule has 2 unspecified atom stereocenters. The zero-order valence-electron chi connectivity index (χ0n) is 16.4. The van der Waals surface area contributed by atoms with Crippen molar-refractivity contribution in [2.45, 2.75) is 57.3 Å². The van der Waals surface area contributed by atoms with E-state index in [9.17, 15) is 14.4 Å². The first-order chi connectivity index (χ1) is 13.5. The minimum Gasteiger partial charge on any atom is -0.322 e. The smallest absolute Gasteiger partial charge is 0.255 e. The second-order valence-electron chi connectivity index (χ2n) is 8.24. The number of hydrogen-bond donors (Lipinski definition) is 2. The van der Waals surface area contributed by atoms with Crippen molar-refractivity contribution in [2.24, 2.45) is 0 Å². The Labute approximate surface area is 165 Å². The van der Waals surface area contributed by atoms with Crippen LogP contribution in [0.2, 0.25) is 0 Å². The predicted octanol–water partition coefficient (Wildman–Crippen LogP) is 1.02. The van der Waals surface area contributed by atoms with Gasteiger partial charge in [-0.15, -0.1) is 0 Å². The molecule has 1 aromatic rings. The first-order valence-electron chi connectivity index (χ1n) is 10.2. The number of piperidine rings is 2. The summed E-state index contributed by atoms with van der Waals surface area (Å²) in [4.78, 5) is 40.3. The molecule has 2 N–H and O–H groups in total. The van der Waals surface area contributed by atoms with E-state index >= 15 is 0 Å². The number of likely N-dealkylation sites (N-methyl/N-ethyl adjacent to an activating group) is 1. The zero-order chi connectivity index (χ0) is 19.7. The fourth-order valence-corrected chi connectivity index (χ4v) is 4.53. The van der Waals surface area contributed by atoms with Crippen LogP contribution in [0.5, 0.6) is 0 Å². The molecule has 0 aliphatic carbocycles. The van der Waals surface area contributed by atoms with Crippen LogP contribution in [0.15, 0.2) is 18.2 Å². The highest BCUT2D eigenvalue weighted by Crippen LogP contribution is 2.28. The van der Waals surface area contributed by atoms with Gasteiger partial charge >= 0.3 is 0 Å². The third-order valence-corrected chi connectivity index (χ3v) is 5.99. The molecular weight excluding hydrogens is 356 g/mol. The molecule has 150 valence electrons. The van der Waals surface area contributed by atoms with Crippen molar-refractivity contribution in [3.63, 3.8) is 0 Å². The fraction of sp³-hybridized carbons (Fsp3) is 0.571. The van der Waals surface area contributed by atoms with E-state index < -0.39 is 6.04 Å². The number of benzene rings is 1. The molecule has 7 heteroatoms. The molecule has 3 heterocycles. The highest BCUT2D eigenvalue weighted by atomic mass is 16.2. The van der Waals surface area contributed by atoms with E-state index in [4.69, 9.17) is 0 Å². The molecule has 3 aliphatic heterocycles. The molecule has 4 rings (SSSR count). The van der Waals surface area contributed by atoms with Crippen molar-refractivity contribution in [1.82, 2.24) is 20.4 Å². The van der Waals surface area contributed by atoms with Crippen LogP contribution >= 0.6 is 0 Å². The first-order valence-corrected chi connectivity index (χ1v) is 10.2.